The molecule has 2 heterocycles. The summed E-state index contributed by atoms with van der Waals surface area (Å²) in [6.07, 6.45) is 1.14. The first kappa shape index (κ1) is 10.3. The number of halogens is 1. The molecule has 16 heavy (non-hydrogen) atoms. The summed E-state index contributed by atoms with van der Waals surface area (Å²) < 4.78 is 6.84. The van der Waals surface area contributed by atoms with E-state index in [2.05, 4.69) is 32.9 Å². The highest BCUT2D eigenvalue weighted by Crippen LogP contribution is 2.29. The van der Waals surface area contributed by atoms with Crippen LogP contribution in [0.2, 0.25) is 0 Å². The van der Waals surface area contributed by atoms with E-state index in [1.165, 1.54) is 0 Å². The molecule has 2 aromatic rings. The van der Waals surface area contributed by atoms with Crippen molar-refractivity contribution < 1.29 is 4.42 Å². The van der Waals surface area contributed by atoms with Crippen LogP contribution in [-0.4, -0.2) is 30.0 Å². The van der Waals surface area contributed by atoms with Gasteiger partial charge in [0.25, 0.3) is 0 Å². The Labute approximate surface area is 103 Å². The normalized spacial score (nSPS) is 22.0. The number of likely N-dealkylation sites (N-methyl/N-ethyl adjacent to an activating group) is 1. The molecule has 1 atom stereocenters. The SMILES string of the molecule is CN1CCC(c2nc3cc(Br)ccc3o2)C1. The molecule has 1 aromatic heterocycles. The molecular weight excluding hydrogens is 268 g/mol. The Morgan fingerprint density at radius 3 is 3.12 bits per heavy atom. The van der Waals surface area contributed by atoms with Gasteiger partial charge in [0, 0.05) is 16.9 Å². The first-order chi connectivity index (χ1) is 7.72. The summed E-state index contributed by atoms with van der Waals surface area (Å²) in [5.74, 6) is 1.34. The quantitative estimate of drug-likeness (QED) is 0.804. The van der Waals surface area contributed by atoms with Crippen LogP contribution in [0.15, 0.2) is 27.1 Å². The van der Waals surface area contributed by atoms with Crippen molar-refractivity contribution in [3.63, 3.8) is 0 Å². The van der Waals surface area contributed by atoms with E-state index >= 15 is 0 Å². The minimum atomic E-state index is 0.455. The summed E-state index contributed by atoms with van der Waals surface area (Å²) in [4.78, 5) is 6.88. The lowest BCUT2D eigenvalue weighted by Crippen LogP contribution is -2.13. The summed E-state index contributed by atoms with van der Waals surface area (Å²) in [6, 6.07) is 5.95. The number of hydrogen-bond donors (Lipinski definition) is 0. The van der Waals surface area contributed by atoms with Crippen LogP contribution >= 0.6 is 15.9 Å². The number of benzene rings is 1. The average Bonchev–Trinajstić information content (AvgIpc) is 2.83. The molecule has 0 N–H and O–H groups in total. The predicted octanol–water partition coefficient (Wildman–Crippen LogP) is 3.01. The third-order valence-corrected chi connectivity index (χ3v) is 3.60. The van der Waals surface area contributed by atoms with Crippen molar-refractivity contribution in [1.29, 1.82) is 0 Å². The molecular formula is C12H13BrN2O. The molecule has 0 amide bonds. The zero-order valence-electron chi connectivity index (χ0n) is 9.11. The fraction of sp³-hybridized carbons (Fsp3) is 0.417. The minimum absolute atomic E-state index is 0.455. The van der Waals surface area contributed by atoms with E-state index in [0.29, 0.717) is 5.92 Å². The number of rotatable bonds is 1. The van der Waals surface area contributed by atoms with E-state index in [1.54, 1.807) is 0 Å². The lowest BCUT2D eigenvalue weighted by molar-refractivity contribution is 0.396. The van der Waals surface area contributed by atoms with Crippen molar-refractivity contribution in [2.45, 2.75) is 12.3 Å². The number of nitrogens with zero attached hydrogens (tertiary/aromatic N) is 2. The second-order valence-corrected chi connectivity index (χ2v) is 5.33. The van der Waals surface area contributed by atoms with Crippen molar-refractivity contribution in [2.24, 2.45) is 0 Å². The Kier molecular flexibility index (Phi) is 2.48. The number of oxazole rings is 1. The zero-order chi connectivity index (χ0) is 11.1. The highest BCUT2D eigenvalue weighted by molar-refractivity contribution is 9.10. The molecule has 1 aliphatic heterocycles. The molecule has 1 fully saturated rings. The molecule has 3 nitrogen and oxygen atoms in total. The van der Waals surface area contributed by atoms with E-state index in [9.17, 15) is 0 Å². The van der Waals surface area contributed by atoms with Crippen molar-refractivity contribution in [1.82, 2.24) is 9.88 Å². The van der Waals surface area contributed by atoms with Crippen LogP contribution < -0.4 is 0 Å². The van der Waals surface area contributed by atoms with Gasteiger partial charge in [0.1, 0.15) is 5.52 Å². The number of likely N-dealkylation sites (tertiary alicyclic amines) is 1. The van der Waals surface area contributed by atoms with Gasteiger partial charge in [-0.15, -0.1) is 0 Å². The van der Waals surface area contributed by atoms with E-state index in [1.807, 2.05) is 18.2 Å². The van der Waals surface area contributed by atoms with Gasteiger partial charge in [-0.2, -0.15) is 0 Å². The summed E-state index contributed by atoms with van der Waals surface area (Å²) in [6.45, 7) is 2.18. The van der Waals surface area contributed by atoms with Crippen LogP contribution in [0.4, 0.5) is 0 Å². The first-order valence-corrected chi connectivity index (χ1v) is 6.26. The molecule has 1 unspecified atom stereocenters. The summed E-state index contributed by atoms with van der Waals surface area (Å²) in [5.41, 5.74) is 1.83. The van der Waals surface area contributed by atoms with Crippen LogP contribution in [0.3, 0.4) is 0 Å². The van der Waals surface area contributed by atoms with Gasteiger partial charge >= 0.3 is 0 Å². The smallest absolute Gasteiger partial charge is 0.199 e. The maximum Gasteiger partial charge on any atom is 0.199 e. The molecule has 1 saturated heterocycles. The van der Waals surface area contributed by atoms with E-state index < -0.39 is 0 Å². The van der Waals surface area contributed by atoms with Crippen LogP contribution in [-0.2, 0) is 0 Å². The van der Waals surface area contributed by atoms with E-state index in [-0.39, 0.29) is 0 Å². The van der Waals surface area contributed by atoms with Gasteiger partial charge in [-0.1, -0.05) is 15.9 Å². The van der Waals surface area contributed by atoms with Crippen molar-refractivity contribution >= 4 is 27.0 Å². The third kappa shape index (κ3) is 1.76. The summed E-state index contributed by atoms with van der Waals surface area (Å²) in [5, 5.41) is 0. The molecule has 4 heteroatoms. The largest absolute Gasteiger partial charge is 0.440 e. The van der Waals surface area contributed by atoms with Gasteiger partial charge in [0.2, 0.25) is 0 Å². The third-order valence-electron chi connectivity index (χ3n) is 3.11. The minimum Gasteiger partial charge on any atom is -0.440 e. The maximum absolute atomic E-state index is 5.80. The summed E-state index contributed by atoms with van der Waals surface area (Å²) >= 11 is 3.44. The van der Waals surface area contributed by atoms with Gasteiger partial charge in [-0.3, -0.25) is 0 Å². The number of hydrogen-bond acceptors (Lipinski definition) is 3. The maximum atomic E-state index is 5.80. The Balaban J connectivity index is 1.99. The highest BCUT2D eigenvalue weighted by atomic mass is 79.9. The van der Waals surface area contributed by atoms with Crippen LogP contribution in [0, 0.1) is 0 Å². The molecule has 0 radical (unpaired) electrons. The van der Waals surface area contributed by atoms with Gasteiger partial charge in [-0.25, -0.2) is 4.98 Å². The second kappa shape index (κ2) is 3.86. The lowest BCUT2D eigenvalue weighted by Gasteiger charge is -2.05. The molecule has 0 aliphatic carbocycles. The molecule has 84 valence electrons. The van der Waals surface area contributed by atoms with Crippen LogP contribution in [0.25, 0.3) is 11.1 Å². The number of aromatic nitrogens is 1. The van der Waals surface area contributed by atoms with Gasteiger partial charge < -0.3 is 9.32 Å². The Bertz CT molecular complexity index is 523. The van der Waals surface area contributed by atoms with E-state index in [4.69, 9.17) is 4.42 Å². The van der Waals surface area contributed by atoms with Crippen LogP contribution in [0.5, 0.6) is 0 Å². The van der Waals surface area contributed by atoms with Crippen molar-refractivity contribution in [3.05, 3.63) is 28.6 Å². The Morgan fingerprint density at radius 1 is 1.50 bits per heavy atom. The Morgan fingerprint density at radius 2 is 2.38 bits per heavy atom. The fourth-order valence-electron chi connectivity index (χ4n) is 2.23. The van der Waals surface area contributed by atoms with Crippen molar-refractivity contribution in [3.8, 4) is 0 Å². The van der Waals surface area contributed by atoms with Gasteiger partial charge in [-0.05, 0) is 38.2 Å². The Hall–Kier alpha value is -0.870. The fourth-order valence-corrected chi connectivity index (χ4v) is 2.58. The van der Waals surface area contributed by atoms with Gasteiger partial charge in [0.05, 0.1) is 0 Å². The predicted molar refractivity (Wildman–Crippen MR) is 66.6 cm³/mol. The molecule has 0 saturated carbocycles. The average molecular weight is 281 g/mol. The highest BCUT2D eigenvalue weighted by Gasteiger charge is 2.25. The molecule has 0 bridgehead atoms. The van der Waals surface area contributed by atoms with E-state index in [0.717, 1.165) is 41.0 Å². The molecule has 1 aliphatic rings. The first-order valence-electron chi connectivity index (χ1n) is 5.47. The lowest BCUT2D eigenvalue weighted by atomic mass is 10.1. The molecule has 0 spiro atoms. The second-order valence-electron chi connectivity index (χ2n) is 4.41. The monoisotopic (exact) mass is 280 g/mol. The van der Waals surface area contributed by atoms with Gasteiger partial charge in [0.15, 0.2) is 11.5 Å². The van der Waals surface area contributed by atoms with Crippen LogP contribution in [0.1, 0.15) is 18.2 Å². The molecule has 3 rings (SSSR count). The topological polar surface area (TPSA) is 29.3 Å². The van der Waals surface area contributed by atoms with Crippen molar-refractivity contribution in [2.75, 3.05) is 20.1 Å². The number of fused-ring (bicyclic) bond motifs is 1. The molecule has 1 aromatic carbocycles. The standard InChI is InChI=1S/C12H13BrN2O/c1-15-5-4-8(7-15)12-14-10-6-9(13)2-3-11(10)16-12/h2-3,6,8H,4-5,7H2,1H3. The summed E-state index contributed by atoms with van der Waals surface area (Å²) in [7, 11) is 2.14. The zero-order valence-corrected chi connectivity index (χ0v) is 10.7.